The topological polar surface area (TPSA) is 107 Å². The van der Waals surface area contributed by atoms with Crippen LogP contribution in [-0.4, -0.2) is 51.8 Å². The third kappa shape index (κ3) is 3.48. The normalized spacial score (nSPS) is 25.0. The van der Waals surface area contributed by atoms with Crippen LogP contribution in [0.5, 0.6) is 0 Å². The number of nitrogens with one attached hydrogen (secondary N) is 2. The summed E-state index contributed by atoms with van der Waals surface area (Å²) in [4.78, 5) is 30.0. The van der Waals surface area contributed by atoms with Crippen molar-refractivity contribution < 1.29 is 23.5 Å². The van der Waals surface area contributed by atoms with Crippen molar-refractivity contribution in [1.29, 1.82) is 0 Å². The summed E-state index contributed by atoms with van der Waals surface area (Å²) in [5.41, 5.74) is 1.45. The largest absolute Gasteiger partial charge is 0.492 e. The molecule has 0 spiro atoms. The van der Waals surface area contributed by atoms with Crippen LogP contribution in [0.1, 0.15) is 35.0 Å². The van der Waals surface area contributed by atoms with Gasteiger partial charge < -0.3 is 20.1 Å². The minimum absolute atomic E-state index is 0.0474. The Labute approximate surface area is 176 Å². The van der Waals surface area contributed by atoms with Crippen LogP contribution in [0.15, 0.2) is 53.7 Å². The number of fused-ring (bicyclic) bond motifs is 2. The van der Waals surface area contributed by atoms with E-state index in [1.54, 1.807) is 11.6 Å². The van der Waals surface area contributed by atoms with Crippen molar-refractivity contribution in [1.82, 2.24) is 25.4 Å². The lowest BCUT2D eigenvalue weighted by Gasteiger charge is -2.34. The summed E-state index contributed by atoms with van der Waals surface area (Å²) < 4.78 is 26.8. The van der Waals surface area contributed by atoms with E-state index in [9.17, 15) is 14.0 Å². The van der Waals surface area contributed by atoms with Crippen LogP contribution in [0, 0.1) is 0 Å². The predicted octanol–water partition coefficient (Wildman–Crippen LogP) is 1.15. The minimum Gasteiger partial charge on any atom is -0.492 e. The van der Waals surface area contributed by atoms with Crippen molar-refractivity contribution in [3.05, 3.63) is 70.9 Å². The Morgan fingerprint density at radius 1 is 1.32 bits per heavy atom. The van der Waals surface area contributed by atoms with Gasteiger partial charge in [0.05, 0.1) is 13.2 Å². The minimum atomic E-state index is -0.969. The summed E-state index contributed by atoms with van der Waals surface area (Å²) in [6.07, 6.45) is 0.837. The molecular formula is C21H20FN5O4. The van der Waals surface area contributed by atoms with Crippen LogP contribution in [0.25, 0.3) is 0 Å². The molecule has 3 aliphatic heterocycles. The van der Waals surface area contributed by atoms with Gasteiger partial charge >= 0.3 is 0 Å². The fraction of sp³-hybridized carbons (Fsp3) is 0.333. The first-order chi connectivity index (χ1) is 15.0. The first-order valence-electron chi connectivity index (χ1n) is 9.94. The molecule has 1 saturated heterocycles. The second-order valence-corrected chi connectivity index (χ2v) is 7.53. The first-order valence-corrected chi connectivity index (χ1v) is 9.94. The molecule has 0 bridgehead atoms. The number of allylic oxidation sites excluding steroid dienone is 2. The zero-order valence-corrected chi connectivity index (χ0v) is 16.7. The Bertz CT molecular complexity index is 1110. The highest BCUT2D eigenvalue weighted by Gasteiger charge is 2.40. The molecule has 3 aliphatic rings. The molecule has 31 heavy (non-hydrogen) atoms. The number of aromatic nitrogens is 3. The Kier molecular flexibility index (Phi) is 4.78. The molecule has 0 saturated carbocycles. The molecule has 5 rings (SSSR count). The number of hydrogen-bond donors (Lipinski definition) is 2. The van der Waals surface area contributed by atoms with Crippen LogP contribution in [0.4, 0.5) is 4.39 Å². The smallest absolute Gasteiger partial charge is 0.291 e. The lowest BCUT2D eigenvalue weighted by Crippen LogP contribution is -2.57. The number of Topliss-reactive ketones (excluding diaryl/α,β-unsaturated/α-hetero) is 1. The third-order valence-corrected chi connectivity index (χ3v) is 5.44. The lowest BCUT2D eigenvalue weighted by atomic mass is 9.96. The van der Waals surface area contributed by atoms with Gasteiger partial charge in [0.1, 0.15) is 30.6 Å². The van der Waals surface area contributed by atoms with E-state index in [0.717, 1.165) is 5.56 Å². The zero-order valence-electron chi connectivity index (χ0n) is 16.7. The molecule has 1 aromatic heterocycles. The van der Waals surface area contributed by atoms with Crippen molar-refractivity contribution in [2.24, 2.45) is 0 Å². The molecule has 10 heteroatoms. The molecule has 2 N–H and O–H groups in total. The fourth-order valence-corrected chi connectivity index (χ4v) is 3.94. The number of hydrogen-bond acceptors (Lipinski definition) is 7. The van der Waals surface area contributed by atoms with Gasteiger partial charge in [-0.05, 0) is 24.1 Å². The Balaban J connectivity index is 1.34. The zero-order chi connectivity index (χ0) is 21.5. The van der Waals surface area contributed by atoms with Crippen molar-refractivity contribution in [3.8, 4) is 0 Å². The van der Waals surface area contributed by atoms with E-state index >= 15 is 0 Å². The van der Waals surface area contributed by atoms with E-state index in [1.165, 1.54) is 6.08 Å². The van der Waals surface area contributed by atoms with Gasteiger partial charge in [-0.25, -0.2) is 9.67 Å². The van der Waals surface area contributed by atoms with E-state index in [4.69, 9.17) is 9.47 Å². The SMILES string of the molecule is CC1=C2OC[C@H](NC(=O)c3nc4n(n3)CCO[C@@H]4c3ccccc3)C(=O)C2NC(F)=C1. The first kappa shape index (κ1) is 19.4. The monoisotopic (exact) mass is 425 g/mol. The van der Waals surface area contributed by atoms with Gasteiger partial charge in [-0.15, -0.1) is 5.10 Å². The van der Waals surface area contributed by atoms with Crippen molar-refractivity contribution >= 4 is 11.7 Å². The number of rotatable bonds is 3. The summed E-state index contributed by atoms with van der Waals surface area (Å²) in [6, 6.07) is 7.63. The maximum absolute atomic E-state index is 13.7. The van der Waals surface area contributed by atoms with Crippen LogP contribution in [0.3, 0.4) is 0 Å². The molecule has 0 aliphatic carbocycles. The molecule has 1 aromatic carbocycles. The molecule has 160 valence electrons. The standard InChI is InChI=1S/C21H20FN5O4/c1-11-9-14(22)24-15-16(28)13(10-31-17(11)15)23-21(29)19-25-20-18(12-5-3-2-4-6-12)30-8-7-27(20)26-19/h2-6,9,13,15,18,24H,7-8,10H2,1H3,(H,23,29)/t13-,15?,18+/m0/s1. The van der Waals surface area contributed by atoms with Gasteiger partial charge in [0, 0.05) is 0 Å². The van der Waals surface area contributed by atoms with E-state index in [0.29, 0.717) is 30.3 Å². The number of carbonyl (C=O) groups is 2. The summed E-state index contributed by atoms with van der Waals surface area (Å²) in [5, 5.41) is 9.37. The molecule has 0 radical (unpaired) electrons. The van der Waals surface area contributed by atoms with E-state index in [1.807, 2.05) is 30.3 Å². The van der Waals surface area contributed by atoms with E-state index in [-0.39, 0.29) is 18.2 Å². The molecule has 4 heterocycles. The highest BCUT2D eigenvalue weighted by molar-refractivity contribution is 5.99. The third-order valence-electron chi connectivity index (χ3n) is 5.44. The maximum atomic E-state index is 13.7. The lowest BCUT2D eigenvalue weighted by molar-refractivity contribution is -0.127. The molecular weight excluding hydrogens is 405 g/mol. The molecule has 1 amide bonds. The summed E-state index contributed by atoms with van der Waals surface area (Å²) >= 11 is 0. The summed E-state index contributed by atoms with van der Waals surface area (Å²) in [5.74, 6) is -0.774. The van der Waals surface area contributed by atoms with Gasteiger partial charge in [-0.2, -0.15) is 4.39 Å². The Hall–Kier alpha value is -3.53. The molecule has 2 aromatic rings. The second kappa shape index (κ2) is 7.62. The van der Waals surface area contributed by atoms with Crippen LogP contribution >= 0.6 is 0 Å². The number of carbonyl (C=O) groups excluding carboxylic acids is 2. The number of nitrogens with zero attached hydrogens (tertiary/aromatic N) is 3. The van der Waals surface area contributed by atoms with Crippen molar-refractivity contribution in [2.45, 2.75) is 31.7 Å². The highest BCUT2D eigenvalue weighted by Crippen LogP contribution is 2.28. The quantitative estimate of drug-likeness (QED) is 0.711. The van der Waals surface area contributed by atoms with Crippen LogP contribution < -0.4 is 10.6 Å². The summed E-state index contributed by atoms with van der Waals surface area (Å²) in [7, 11) is 0. The Morgan fingerprint density at radius 2 is 2.13 bits per heavy atom. The van der Waals surface area contributed by atoms with Gasteiger partial charge in [0.15, 0.2) is 17.6 Å². The number of amides is 1. The molecule has 1 unspecified atom stereocenters. The summed E-state index contributed by atoms with van der Waals surface area (Å²) in [6.45, 7) is 2.52. The number of halogens is 1. The second-order valence-electron chi connectivity index (χ2n) is 7.53. The molecule has 9 nitrogen and oxygen atoms in total. The van der Waals surface area contributed by atoms with Gasteiger partial charge in [0.2, 0.25) is 5.82 Å². The van der Waals surface area contributed by atoms with Gasteiger partial charge in [-0.3, -0.25) is 9.59 Å². The highest BCUT2D eigenvalue weighted by atomic mass is 19.1. The van der Waals surface area contributed by atoms with Crippen LogP contribution in [-0.2, 0) is 20.8 Å². The maximum Gasteiger partial charge on any atom is 0.291 e. The molecule has 1 fully saturated rings. The van der Waals surface area contributed by atoms with Crippen LogP contribution in [0.2, 0.25) is 0 Å². The number of ether oxygens (including phenoxy) is 2. The fourth-order valence-electron chi connectivity index (χ4n) is 3.94. The van der Waals surface area contributed by atoms with Crippen molar-refractivity contribution in [3.63, 3.8) is 0 Å². The number of dihydropyridines is 1. The number of ketones is 1. The predicted molar refractivity (Wildman–Crippen MR) is 105 cm³/mol. The van der Waals surface area contributed by atoms with Gasteiger partial charge in [0.25, 0.3) is 5.91 Å². The molecule has 3 atom stereocenters. The Morgan fingerprint density at radius 3 is 2.94 bits per heavy atom. The van der Waals surface area contributed by atoms with E-state index < -0.39 is 30.0 Å². The van der Waals surface area contributed by atoms with Gasteiger partial charge in [-0.1, -0.05) is 30.3 Å². The number of benzene rings is 1. The van der Waals surface area contributed by atoms with E-state index in [2.05, 4.69) is 20.7 Å². The average molecular weight is 425 g/mol. The average Bonchev–Trinajstić information content (AvgIpc) is 3.21. The van der Waals surface area contributed by atoms with Crippen molar-refractivity contribution in [2.75, 3.05) is 13.2 Å².